The molecule has 1 spiro atoms. The normalized spacial score (nSPS) is 22.4. The fourth-order valence-corrected chi connectivity index (χ4v) is 5.02. The molecule has 0 aliphatic carbocycles. The van der Waals surface area contributed by atoms with Crippen molar-refractivity contribution in [1.29, 1.82) is 0 Å². The lowest BCUT2D eigenvalue weighted by molar-refractivity contribution is -0.121. The number of likely N-dealkylation sites (tertiary alicyclic amines) is 1. The van der Waals surface area contributed by atoms with Crippen LogP contribution in [0, 0.1) is 6.92 Å². The van der Waals surface area contributed by atoms with E-state index in [4.69, 9.17) is 0 Å². The van der Waals surface area contributed by atoms with Crippen LogP contribution in [0.25, 0.3) is 0 Å². The molecule has 1 aromatic heterocycles. The van der Waals surface area contributed by atoms with Gasteiger partial charge in [0.1, 0.15) is 0 Å². The van der Waals surface area contributed by atoms with Gasteiger partial charge >= 0.3 is 0 Å². The maximum Gasteiger partial charge on any atom is 0.276 e. The molecule has 2 aliphatic heterocycles. The van der Waals surface area contributed by atoms with Gasteiger partial charge in [-0.1, -0.05) is 48.5 Å². The molecular formula is C23H23N5O2. The van der Waals surface area contributed by atoms with Gasteiger partial charge in [-0.3, -0.25) is 9.59 Å². The molecule has 30 heavy (non-hydrogen) atoms. The molecule has 2 aliphatic rings. The Morgan fingerprint density at radius 3 is 2.67 bits per heavy atom. The van der Waals surface area contributed by atoms with Crippen LogP contribution in [-0.4, -0.2) is 44.7 Å². The Hall–Kier alpha value is -3.48. The fourth-order valence-electron chi connectivity index (χ4n) is 5.02. The van der Waals surface area contributed by atoms with Crippen LogP contribution in [0.1, 0.15) is 40.2 Å². The first-order chi connectivity index (χ1) is 14.6. The summed E-state index contributed by atoms with van der Waals surface area (Å²) in [6, 6.07) is 17.7. The average molecular weight is 401 g/mol. The molecule has 2 N–H and O–H groups in total. The Kier molecular flexibility index (Phi) is 4.38. The van der Waals surface area contributed by atoms with Gasteiger partial charge in [-0.15, -0.1) is 0 Å². The zero-order valence-electron chi connectivity index (χ0n) is 16.8. The van der Waals surface area contributed by atoms with E-state index in [9.17, 15) is 9.59 Å². The molecule has 7 heteroatoms. The lowest BCUT2D eigenvalue weighted by atomic mass is 9.73. The number of para-hydroxylation sites is 1. The minimum Gasteiger partial charge on any atom is -0.333 e. The smallest absolute Gasteiger partial charge is 0.276 e. The molecule has 0 radical (unpaired) electrons. The number of aromatic nitrogens is 3. The van der Waals surface area contributed by atoms with E-state index in [0.29, 0.717) is 30.8 Å². The number of rotatable bonds is 4. The van der Waals surface area contributed by atoms with Crippen LogP contribution in [0.5, 0.6) is 0 Å². The maximum atomic E-state index is 13.4. The topological polar surface area (TPSA) is 91.0 Å². The Morgan fingerprint density at radius 1 is 1.13 bits per heavy atom. The quantitative estimate of drug-likeness (QED) is 0.703. The third-order valence-corrected chi connectivity index (χ3v) is 6.49. The molecule has 0 unspecified atom stereocenters. The summed E-state index contributed by atoms with van der Waals surface area (Å²) in [5.41, 5.74) is 3.18. The van der Waals surface area contributed by atoms with Crippen molar-refractivity contribution in [3.8, 4) is 0 Å². The number of H-pyrrole nitrogens is 1. The van der Waals surface area contributed by atoms with E-state index in [0.717, 1.165) is 17.7 Å². The van der Waals surface area contributed by atoms with Gasteiger partial charge in [0.15, 0.2) is 5.69 Å². The highest BCUT2D eigenvalue weighted by atomic mass is 16.2. The number of carbonyl (C=O) groups excluding carboxylic acids is 2. The summed E-state index contributed by atoms with van der Waals surface area (Å²) in [7, 11) is 0. The van der Waals surface area contributed by atoms with E-state index in [1.807, 2.05) is 47.4 Å². The zero-order valence-corrected chi connectivity index (χ0v) is 16.8. The maximum absolute atomic E-state index is 13.4. The third-order valence-electron chi connectivity index (χ3n) is 6.49. The first-order valence-electron chi connectivity index (χ1n) is 10.2. The van der Waals surface area contributed by atoms with Crippen LogP contribution in [0.4, 0.5) is 5.69 Å². The minimum atomic E-state index is -0.737. The number of hydrogen-bond donors (Lipinski definition) is 2. The third kappa shape index (κ3) is 2.73. The summed E-state index contributed by atoms with van der Waals surface area (Å²) < 4.78 is 0. The first kappa shape index (κ1) is 18.5. The summed E-state index contributed by atoms with van der Waals surface area (Å²) in [4.78, 5) is 28.5. The van der Waals surface area contributed by atoms with Gasteiger partial charge in [0.2, 0.25) is 5.91 Å². The number of nitrogens with zero attached hydrogens (tertiary/aromatic N) is 3. The number of carbonyl (C=O) groups is 2. The number of amides is 2. The lowest BCUT2D eigenvalue weighted by Crippen LogP contribution is -2.49. The number of benzene rings is 2. The Labute approximate surface area is 174 Å². The number of anilines is 1. The van der Waals surface area contributed by atoms with E-state index >= 15 is 0 Å². The number of aryl methyl sites for hydroxylation is 2. The van der Waals surface area contributed by atoms with E-state index in [1.165, 1.54) is 5.56 Å². The van der Waals surface area contributed by atoms with Crippen molar-refractivity contribution in [2.24, 2.45) is 0 Å². The lowest BCUT2D eigenvalue weighted by Gasteiger charge is -2.34. The van der Waals surface area contributed by atoms with Crippen LogP contribution in [0.15, 0.2) is 54.6 Å². The standard InChI is InChI=1S/C23H23N5O2/c1-15-20(26-27-25-15)21(29)28-14-13-23(17-9-5-6-10-18(17)24-22(23)30)19(28)12-11-16-7-3-2-4-8-16/h2-10,19H,11-14H2,1H3,(H,24,30)(H,25,26,27)/t19-,23-/m0/s1. The Morgan fingerprint density at radius 2 is 1.90 bits per heavy atom. The summed E-state index contributed by atoms with van der Waals surface area (Å²) >= 11 is 0. The van der Waals surface area contributed by atoms with E-state index in [2.05, 4.69) is 32.9 Å². The van der Waals surface area contributed by atoms with Crippen molar-refractivity contribution in [3.05, 3.63) is 77.1 Å². The molecule has 152 valence electrons. The van der Waals surface area contributed by atoms with E-state index in [-0.39, 0.29) is 17.9 Å². The largest absolute Gasteiger partial charge is 0.333 e. The minimum absolute atomic E-state index is 0.0195. The molecule has 0 bridgehead atoms. The molecule has 1 fully saturated rings. The molecule has 7 nitrogen and oxygen atoms in total. The second-order valence-electron chi connectivity index (χ2n) is 8.02. The number of hydrogen-bond acceptors (Lipinski definition) is 4. The molecule has 2 amide bonds. The molecule has 3 heterocycles. The highest BCUT2D eigenvalue weighted by Gasteiger charge is 2.58. The van der Waals surface area contributed by atoms with Gasteiger partial charge in [-0.05, 0) is 43.4 Å². The summed E-state index contributed by atoms with van der Waals surface area (Å²) in [6.45, 7) is 2.27. The SMILES string of the molecule is Cc1n[nH]nc1C(=O)N1CC[C@@]2(C(=O)Nc3ccccc32)[C@@H]1CCc1ccccc1. The molecule has 1 saturated heterocycles. The number of aromatic amines is 1. The van der Waals surface area contributed by atoms with Crippen molar-refractivity contribution in [2.75, 3.05) is 11.9 Å². The van der Waals surface area contributed by atoms with Gasteiger partial charge in [-0.2, -0.15) is 15.4 Å². The van der Waals surface area contributed by atoms with Crippen LogP contribution in [0.3, 0.4) is 0 Å². The van der Waals surface area contributed by atoms with Crippen LogP contribution >= 0.6 is 0 Å². The molecular weight excluding hydrogens is 378 g/mol. The Bertz CT molecular complexity index is 1110. The predicted octanol–water partition coefficient (Wildman–Crippen LogP) is 2.85. The van der Waals surface area contributed by atoms with Crippen LogP contribution < -0.4 is 5.32 Å². The second kappa shape index (κ2) is 7.09. The van der Waals surface area contributed by atoms with E-state index in [1.54, 1.807) is 6.92 Å². The number of nitrogens with one attached hydrogen (secondary N) is 2. The van der Waals surface area contributed by atoms with Gasteiger partial charge in [0.05, 0.1) is 17.2 Å². The Balaban J connectivity index is 1.55. The molecule has 2 aromatic carbocycles. The van der Waals surface area contributed by atoms with Crippen molar-refractivity contribution < 1.29 is 9.59 Å². The van der Waals surface area contributed by atoms with Gasteiger partial charge < -0.3 is 10.2 Å². The summed E-state index contributed by atoms with van der Waals surface area (Å²) in [5.74, 6) is -0.192. The average Bonchev–Trinajstić information content (AvgIpc) is 3.44. The molecule has 2 atom stereocenters. The molecule has 3 aromatic rings. The summed E-state index contributed by atoms with van der Waals surface area (Å²) in [6.07, 6.45) is 2.07. The van der Waals surface area contributed by atoms with Crippen molar-refractivity contribution in [2.45, 2.75) is 37.6 Å². The van der Waals surface area contributed by atoms with Gasteiger partial charge in [-0.25, -0.2) is 0 Å². The number of fused-ring (bicyclic) bond motifs is 2. The van der Waals surface area contributed by atoms with E-state index < -0.39 is 5.41 Å². The second-order valence-corrected chi connectivity index (χ2v) is 8.02. The highest BCUT2D eigenvalue weighted by molar-refractivity contribution is 6.08. The van der Waals surface area contributed by atoms with Crippen molar-refractivity contribution in [3.63, 3.8) is 0 Å². The van der Waals surface area contributed by atoms with Crippen molar-refractivity contribution in [1.82, 2.24) is 20.3 Å². The highest BCUT2D eigenvalue weighted by Crippen LogP contribution is 2.49. The summed E-state index contributed by atoms with van der Waals surface area (Å²) in [5, 5.41) is 13.7. The van der Waals surface area contributed by atoms with Crippen LogP contribution in [0.2, 0.25) is 0 Å². The van der Waals surface area contributed by atoms with Crippen LogP contribution in [-0.2, 0) is 16.6 Å². The molecule has 0 saturated carbocycles. The predicted molar refractivity (Wildman–Crippen MR) is 112 cm³/mol. The zero-order chi connectivity index (χ0) is 20.7. The monoisotopic (exact) mass is 401 g/mol. The van der Waals surface area contributed by atoms with Gasteiger partial charge in [0.25, 0.3) is 5.91 Å². The molecule has 5 rings (SSSR count). The van der Waals surface area contributed by atoms with Crippen molar-refractivity contribution >= 4 is 17.5 Å². The fraction of sp³-hybridized carbons (Fsp3) is 0.304. The van der Waals surface area contributed by atoms with Gasteiger partial charge in [0, 0.05) is 12.2 Å². The first-order valence-corrected chi connectivity index (χ1v) is 10.2.